The summed E-state index contributed by atoms with van der Waals surface area (Å²) >= 11 is 0. The van der Waals surface area contributed by atoms with Gasteiger partial charge in [0, 0.05) is 44.0 Å². The Labute approximate surface area is 180 Å². The molecule has 1 saturated heterocycles. The van der Waals surface area contributed by atoms with Gasteiger partial charge in [-0.15, -0.1) is 0 Å². The number of nitro benzene ring substituents is 1. The molecule has 1 N–H and O–H groups in total. The first-order valence-electron chi connectivity index (χ1n) is 10.5. The molecule has 0 saturated carbocycles. The molecule has 2 amide bonds. The number of carbonyl (C=O) groups is 2. The standard InChI is InChI=1S/C22H26N4O5/c1-14(2)12-23-21(27)17-11-15-10-16(26(29)30)5-6-18(15)25-8-7-24(13-19(17)25)22(28)20-4-3-9-31-20/h3-6,9-10,14,17,19H,7-8,11-13H2,1-2H3,(H,23,27)/t17-,19-/m0/s1. The summed E-state index contributed by atoms with van der Waals surface area (Å²) in [7, 11) is 0. The maximum atomic E-state index is 13.1. The van der Waals surface area contributed by atoms with Gasteiger partial charge in [-0.2, -0.15) is 0 Å². The van der Waals surface area contributed by atoms with E-state index < -0.39 is 10.8 Å². The summed E-state index contributed by atoms with van der Waals surface area (Å²) in [6.45, 7) is 6.00. The van der Waals surface area contributed by atoms with E-state index in [1.165, 1.54) is 12.3 Å². The van der Waals surface area contributed by atoms with E-state index in [2.05, 4.69) is 10.2 Å². The van der Waals surface area contributed by atoms with Crippen LogP contribution in [-0.2, 0) is 11.2 Å². The topological polar surface area (TPSA) is 109 Å². The predicted molar refractivity (Wildman–Crippen MR) is 114 cm³/mol. The number of amides is 2. The molecule has 3 heterocycles. The summed E-state index contributed by atoms with van der Waals surface area (Å²) in [6, 6.07) is 7.91. The van der Waals surface area contributed by atoms with Gasteiger partial charge in [0.1, 0.15) is 0 Å². The van der Waals surface area contributed by atoms with Crippen molar-refractivity contribution in [2.24, 2.45) is 11.8 Å². The van der Waals surface area contributed by atoms with Crippen LogP contribution < -0.4 is 10.2 Å². The van der Waals surface area contributed by atoms with E-state index in [9.17, 15) is 19.7 Å². The number of hydrogen-bond acceptors (Lipinski definition) is 6. The van der Waals surface area contributed by atoms with Crippen LogP contribution in [0.5, 0.6) is 0 Å². The van der Waals surface area contributed by atoms with Gasteiger partial charge in [-0.1, -0.05) is 13.8 Å². The first-order chi connectivity index (χ1) is 14.8. The van der Waals surface area contributed by atoms with Crippen molar-refractivity contribution in [1.82, 2.24) is 10.2 Å². The number of nitro groups is 1. The zero-order valence-electron chi connectivity index (χ0n) is 17.6. The summed E-state index contributed by atoms with van der Waals surface area (Å²) in [5.41, 5.74) is 1.71. The fourth-order valence-electron chi connectivity index (χ4n) is 4.40. The van der Waals surface area contributed by atoms with Crippen molar-refractivity contribution in [2.75, 3.05) is 31.1 Å². The normalized spacial score (nSPS) is 20.2. The van der Waals surface area contributed by atoms with Crippen molar-refractivity contribution in [3.8, 4) is 0 Å². The average Bonchev–Trinajstić information content (AvgIpc) is 3.30. The monoisotopic (exact) mass is 426 g/mol. The summed E-state index contributed by atoms with van der Waals surface area (Å²) < 4.78 is 5.27. The van der Waals surface area contributed by atoms with Crippen LogP contribution in [0.1, 0.15) is 30.0 Å². The molecule has 9 heteroatoms. The van der Waals surface area contributed by atoms with Gasteiger partial charge in [-0.25, -0.2) is 0 Å². The van der Waals surface area contributed by atoms with Crippen LogP contribution in [0.4, 0.5) is 11.4 Å². The second-order valence-corrected chi connectivity index (χ2v) is 8.51. The highest BCUT2D eigenvalue weighted by molar-refractivity contribution is 5.92. The predicted octanol–water partition coefficient (Wildman–Crippen LogP) is 2.46. The van der Waals surface area contributed by atoms with E-state index in [0.29, 0.717) is 38.5 Å². The van der Waals surface area contributed by atoms with Gasteiger partial charge in [-0.3, -0.25) is 19.7 Å². The lowest BCUT2D eigenvalue weighted by Gasteiger charge is -2.48. The second-order valence-electron chi connectivity index (χ2n) is 8.51. The third-order valence-corrected chi connectivity index (χ3v) is 5.95. The Balaban J connectivity index is 1.64. The largest absolute Gasteiger partial charge is 0.459 e. The smallest absolute Gasteiger partial charge is 0.289 e. The molecular weight excluding hydrogens is 400 g/mol. The lowest BCUT2D eigenvalue weighted by Crippen LogP contribution is -2.62. The number of nitrogens with one attached hydrogen (secondary N) is 1. The zero-order valence-corrected chi connectivity index (χ0v) is 17.6. The first kappa shape index (κ1) is 20.9. The average molecular weight is 426 g/mol. The van der Waals surface area contributed by atoms with E-state index in [1.807, 2.05) is 13.8 Å². The lowest BCUT2D eigenvalue weighted by atomic mass is 9.83. The third kappa shape index (κ3) is 4.12. The molecule has 0 spiro atoms. The Bertz CT molecular complexity index is 988. The maximum Gasteiger partial charge on any atom is 0.289 e. The number of anilines is 1. The van der Waals surface area contributed by atoms with Crippen LogP contribution >= 0.6 is 0 Å². The van der Waals surface area contributed by atoms with E-state index in [0.717, 1.165) is 11.3 Å². The third-order valence-electron chi connectivity index (χ3n) is 5.95. The number of carbonyl (C=O) groups excluding carboxylic acids is 2. The van der Waals surface area contributed by atoms with Gasteiger partial charge in [0.05, 0.1) is 23.1 Å². The number of furan rings is 1. The number of fused-ring (bicyclic) bond motifs is 3. The molecule has 2 aliphatic heterocycles. The highest BCUT2D eigenvalue weighted by Gasteiger charge is 2.43. The van der Waals surface area contributed by atoms with Crippen molar-refractivity contribution < 1.29 is 18.9 Å². The molecule has 1 aromatic carbocycles. The molecule has 31 heavy (non-hydrogen) atoms. The lowest BCUT2D eigenvalue weighted by molar-refractivity contribution is -0.384. The summed E-state index contributed by atoms with van der Waals surface area (Å²) in [4.78, 5) is 40.6. The van der Waals surface area contributed by atoms with Gasteiger partial charge in [0.25, 0.3) is 11.6 Å². The van der Waals surface area contributed by atoms with Crippen molar-refractivity contribution in [1.29, 1.82) is 0 Å². The summed E-state index contributed by atoms with van der Waals surface area (Å²) in [5.74, 6) is -0.115. The van der Waals surface area contributed by atoms with Crippen LogP contribution in [0.3, 0.4) is 0 Å². The number of rotatable bonds is 5. The minimum absolute atomic E-state index is 0.0187. The number of piperazine rings is 1. The van der Waals surface area contributed by atoms with Gasteiger partial charge < -0.3 is 19.5 Å². The Morgan fingerprint density at radius 1 is 1.29 bits per heavy atom. The first-order valence-corrected chi connectivity index (χ1v) is 10.5. The minimum atomic E-state index is -0.416. The molecule has 2 aromatic rings. The number of hydrogen-bond donors (Lipinski definition) is 1. The quantitative estimate of drug-likeness (QED) is 0.581. The van der Waals surface area contributed by atoms with E-state index in [-0.39, 0.29) is 29.3 Å². The second kappa shape index (κ2) is 8.41. The molecule has 0 aliphatic carbocycles. The van der Waals surface area contributed by atoms with E-state index >= 15 is 0 Å². The number of nitrogens with zero attached hydrogens (tertiary/aromatic N) is 3. The molecule has 2 aliphatic rings. The molecular formula is C22H26N4O5. The Morgan fingerprint density at radius 2 is 2.10 bits per heavy atom. The zero-order chi connectivity index (χ0) is 22.1. The maximum absolute atomic E-state index is 13.1. The molecule has 1 aromatic heterocycles. The van der Waals surface area contributed by atoms with Crippen LogP contribution in [0, 0.1) is 22.0 Å². The van der Waals surface area contributed by atoms with Crippen LogP contribution in [0.15, 0.2) is 41.0 Å². The highest BCUT2D eigenvalue weighted by Crippen LogP contribution is 2.38. The van der Waals surface area contributed by atoms with Gasteiger partial charge >= 0.3 is 0 Å². The van der Waals surface area contributed by atoms with Crippen molar-refractivity contribution in [2.45, 2.75) is 26.3 Å². The molecule has 4 rings (SSSR count). The highest BCUT2D eigenvalue weighted by atomic mass is 16.6. The Hall–Kier alpha value is -3.36. The van der Waals surface area contributed by atoms with Gasteiger partial charge in [0.15, 0.2) is 5.76 Å². The molecule has 2 atom stereocenters. The molecule has 0 radical (unpaired) electrons. The van der Waals surface area contributed by atoms with Gasteiger partial charge in [0.2, 0.25) is 5.91 Å². The van der Waals surface area contributed by atoms with Crippen molar-refractivity contribution >= 4 is 23.2 Å². The fraction of sp³-hybridized carbons (Fsp3) is 0.455. The SMILES string of the molecule is CC(C)CNC(=O)[C@H]1Cc2cc([N+](=O)[O-])ccc2N2CCN(C(=O)c3ccco3)C[C@@H]12. The minimum Gasteiger partial charge on any atom is -0.459 e. The summed E-state index contributed by atoms with van der Waals surface area (Å²) in [6.07, 6.45) is 1.86. The van der Waals surface area contributed by atoms with Gasteiger partial charge in [-0.05, 0) is 36.1 Å². The van der Waals surface area contributed by atoms with Crippen molar-refractivity contribution in [3.63, 3.8) is 0 Å². The molecule has 0 unspecified atom stereocenters. The van der Waals surface area contributed by atoms with Crippen LogP contribution in [0.25, 0.3) is 0 Å². The Morgan fingerprint density at radius 3 is 2.77 bits per heavy atom. The fourth-order valence-corrected chi connectivity index (χ4v) is 4.40. The number of non-ortho nitro benzene ring substituents is 1. The van der Waals surface area contributed by atoms with Crippen molar-refractivity contribution in [3.05, 3.63) is 58.0 Å². The molecule has 164 valence electrons. The Kier molecular flexibility index (Phi) is 5.67. The summed E-state index contributed by atoms with van der Waals surface area (Å²) in [5, 5.41) is 14.3. The van der Waals surface area contributed by atoms with Crippen LogP contribution in [0.2, 0.25) is 0 Å². The molecule has 9 nitrogen and oxygen atoms in total. The van der Waals surface area contributed by atoms with E-state index in [1.54, 1.807) is 29.2 Å². The number of benzene rings is 1. The van der Waals surface area contributed by atoms with Crippen LogP contribution in [-0.4, -0.2) is 53.9 Å². The molecule has 0 bridgehead atoms. The van der Waals surface area contributed by atoms with E-state index in [4.69, 9.17) is 4.42 Å². The molecule has 1 fully saturated rings.